The summed E-state index contributed by atoms with van der Waals surface area (Å²) in [5, 5.41) is 13.9. The Balaban J connectivity index is 3.83. The first-order valence-electron chi connectivity index (χ1n) is 5.56. The highest BCUT2D eigenvalue weighted by Gasteiger charge is 2.13. The van der Waals surface area contributed by atoms with Crippen molar-refractivity contribution in [2.24, 2.45) is 5.92 Å². The van der Waals surface area contributed by atoms with Gasteiger partial charge in [0.2, 0.25) is 5.91 Å². The fourth-order valence-corrected chi connectivity index (χ4v) is 1.16. The maximum atomic E-state index is 11.2. The topological polar surface area (TPSA) is 74.2 Å². The lowest BCUT2D eigenvalue weighted by Gasteiger charge is -2.21. The van der Waals surface area contributed by atoms with Crippen LogP contribution in [0.3, 0.4) is 0 Å². The number of rotatable bonds is 8. The zero-order valence-electron chi connectivity index (χ0n) is 10.2. The van der Waals surface area contributed by atoms with Gasteiger partial charge in [0.05, 0.1) is 19.2 Å². The van der Waals surface area contributed by atoms with Crippen LogP contribution >= 0.6 is 0 Å². The van der Waals surface area contributed by atoms with Gasteiger partial charge < -0.3 is 15.4 Å². The van der Waals surface area contributed by atoms with Crippen molar-refractivity contribution in [2.75, 3.05) is 26.3 Å². The molecule has 0 aromatic carbocycles. The maximum Gasteiger partial charge on any atom is 0.234 e. The lowest BCUT2D eigenvalue weighted by molar-refractivity contribution is -0.120. The van der Waals surface area contributed by atoms with E-state index in [0.717, 1.165) is 0 Å². The second-order valence-electron chi connectivity index (χ2n) is 3.83. The van der Waals surface area contributed by atoms with Gasteiger partial charge >= 0.3 is 0 Å². The van der Waals surface area contributed by atoms with Crippen LogP contribution in [-0.2, 0) is 9.53 Å². The van der Waals surface area contributed by atoms with Crippen LogP contribution in [0.2, 0.25) is 0 Å². The van der Waals surface area contributed by atoms with Gasteiger partial charge in [-0.25, -0.2) is 0 Å². The highest BCUT2D eigenvalue weighted by atomic mass is 16.5. The first-order chi connectivity index (χ1) is 7.61. The van der Waals surface area contributed by atoms with Crippen LogP contribution in [0.15, 0.2) is 0 Å². The second kappa shape index (κ2) is 9.13. The van der Waals surface area contributed by atoms with Gasteiger partial charge in [0.1, 0.15) is 6.54 Å². The quantitative estimate of drug-likeness (QED) is 0.584. The van der Waals surface area contributed by atoms with E-state index in [0.29, 0.717) is 19.1 Å². The minimum atomic E-state index is -0.163. The van der Waals surface area contributed by atoms with E-state index in [1.807, 2.05) is 13.0 Å². The van der Waals surface area contributed by atoms with Crippen molar-refractivity contribution in [3.63, 3.8) is 0 Å². The van der Waals surface area contributed by atoms with E-state index >= 15 is 0 Å². The first-order valence-corrected chi connectivity index (χ1v) is 5.56. The summed E-state index contributed by atoms with van der Waals surface area (Å²) < 4.78 is 5.32. The third kappa shape index (κ3) is 7.21. The predicted octanol–water partition coefficient (Wildman–Crippen LogP) is 0.277. The Kier molecular flexibility index (Phi) is 8.49. The Morgan fingerprint density at radius 3 is 2.69 bits per heavy atom. The molecule has 0 aromatic heterocycles. The van der Waals surface area contributed by atoms with Crippen molar-refractivity contribution in [1.82, 2.24) is 10.6 Å². The number of nitrogens with one attached hydrogen (secondary N) is 2. The third-order valence-corrected chi connectivity index (χ3v) is 2.20. The normalized spacial score (nSPS) is 12.2. The summed E-state index contributed by atoms with van der Waals surface area (Å²) in [7, 11) is 0. The lowest BCUT2D eigenvalue weighted by Crippen LogP contribution is -2.44. The molecule has 92 valence electrons. The van der Waals surface area contributed by atoms with Crippen molar-refractivity contribution in [3.05, 3.63) is 0 Å². The first kappa shape index (κ1) is 14.9. The Labute approximate surface area is 97.2 Å². The number of ether oxygens (including phenoxy) is 1. The molecule has 5 nitrogen and oxygen atoms in total. The average Bonchev–Trinajstić information content (AvgIpc) is 2.25. The number of nitriles is 1. The molecule has 0 bridgehead atoms. The molecule has 0 radical (unpaired) electrons. The molecule has 0 heterocycles. The molecule has 1 unspecified atom stereocenters. The minimum absolute atomic E-state index is 0.0539. The van der Waals surface area contributed by atoms with Gasteiger partial charge in [-0.2, -0.15) is 5.26 Å². The molecule has 2 N–H and O–H groups in total. The largest absolute Gasteiger partial charge is 0.380 e. The summed E-state index contributed by atoms with van der Waals surface area (Å²) in [4.78, 5) is 11.2. The summed E-state index contributed by atoms with van der Waals surface area (Å²) in [5.41, 5.74) is 0. The van der Waals surface area contributed by atoms with Crippen molar-refractivity contribution in [2.45, 2.75) is 26.8 Å². The van der Waals surface area contributed by atoms with E-state index in [9.17, 15) is 4.79 Å². The fourth-order valence-electron chi connectivity index (χ4n) is 1.16. The molecule has 0 aliphatic carbocycles. The summed E-state index contributed by atoms with van der Waals surface area (Å²) in [6.07, 6.45) is 0. The van der Waals surface area contributed by atoms with Gasteiger partial charge in [0.15, 0.2) is 0 Å². The Morgan fingerprint density at radius 2 is 2.19 bits per heavy atom. The summed E-state index contributed by atoms with van der Waals surface area (Å²) in [6, 6.07) is 2.02. The van der Waals surface area contributed by atoms with Crippen LogP contribution in [0, 0.1) is 17.2 Å². The van der Waals surface area contributed by atoms with Gasteiger partial charge in [-0.1, -0.05) is 13.8 Å². The maximum absolute atomic E-state index is 11.2. The molecule has 0 spiro atoms. The Bertz CT molecular complexity index is 236. The number of hydrogen-bond acceptors (Lipinski definition) is 4. The molecule has 0 saturated carbocycles. The van der Waals surface area contributed by atoms with Crippen LogP contribution in [0.5, 0.6) is 0 Å². The molecule has 1 amide bonds. The number of carbonyl (C=O) groups excluding carboxylic acids is 1. The Hall–Kier alpha value is -1.12. The van der Waals surface area contributed by atoms with E-state index in [1.165, 1.54) is 0 Å². The van der Waals surface area contributed by atoms with E-state index in [4.69, 9.17) is 10.00 Å². The molecular weight excluding hydrogens is 206 g/mol. The molecule has 16 heavy (non-hydrogen) atoms. The number of nitrogens with zero attached hydrogens (tertiary/aromatic N) is 1. The molecule has 0 saturated heterocycles. The molecular formula is C11H21N3O2. The standard InChI is InChI=1S/C11H21N3O2/c1-4-16-8-10(9(2)3)14-7-11(15)13-6-5-12/h9-10,14H,4,6-8H2,1-3H3,(H,13,15). The third-order valence-electron chi connectivity index (χ3n) is 2.20. The minimum Gasteiger partial charge on any atom is -0.380 e. The summed E-state index contributed by atoms with van der Waals surface area (Å²) in [6.45, 7) is 7.63. The smallest absolute Gasteiger partial charge is 0.234 e. The van der Waals surface area contributed by atoms with E-state index in [-0.39, 0.29) is 25.0 Å². The molecule has 1 atom stereocenters. The van der Waals surface area contributed by atoms with Gasteiger partial charge in [-0.3, -0.25) is 4.79 Å². The molecule has 0 aromatic rings. The number of carbonyl (C=O) groups is 1. The van der Waals surface area contributed by atoms with Gasteiger partial charge in [0, 0.05) is 12.6 Å². The van der Waals surface area contributed by atoms with E-state index < -0.39 is 0 Å². The molecule has 0 fully saturated rings. The van der Waals surface area contributed by atoms with E-state index in [1.54, 1.807) is 0 Å². The van der Waals surface area contributed by atoms with Crippen LogP contribution in [0.25, 0.3) is 0 Å². The van der Waals surface area contributed by atoms with Crippen LogP contribution in [-0.4, -0.2) is 38.3 Å². The summed E-state index contributed by atoms with van der Waals surface area (Å²) in [5.74, 6) is 0.235. The van der Waals surface area contributed by atoms with Crippen LogP contribution in [0.1, 0.15) is 20.8 Å². The van der Waals surface area contributed by atoms with Crippen molar-refractivity contribution in [3.8, 4) is 6.07 Å². The van der Waals surface area contributed by atoms with Crippen molar-refractivity contribution >= 4 is 5.91 Å². The molecule has 0 rings (SSSR count). The zero-order chi connectivity index (χ0) is 12.4. The predicted molar refractivity (Wildman–Crippen MR) is 61.7 cm³/mol. The van der Waals surface area contributed by atoms with E-state index in [2.05, 4.69) is 24.5 Å². The van der Waals surface area contributed by atoms with Crippen LogP contribution in [0.4, 0.5) is 0 Å². The molecule has 0 aliphatic heterocycles. The van der Waals surface area contributed by atoms with Gasteiger partial charge in [-0.15, -0.1) is 0 Å². The van der Waals surface area contributed by atoms with Gasteiger partial charge in [0.25, 0.3) is 0 Å². The number of hydrogen-bond donors (Lipinski definition) is 2. The van der Waals surface area contributed by atoms with Crippen molar-refractivity contribution < 1.29 is 9.53 Å². The van der Waals surface area contributed by atoms with Gasteiger partial charge in [-0.05, 0) is 12.8 Å². The van der Waals surface area contributed by atoms with Crippen molar-refractivity contribution in [1.29, 1.82) is 5.26 Å². The zero-order valence-corrected chi connectivity index (χ0v) is 10.2. The Morgan fingerprint density at radius 1 is 1.50 bits per heavy atom. The lowest BCUT2D eigenvalue weighted by atomic mass is 10.1. The fraction of sp³-hybridized carbons (Fsp3) is 0.818. The molecule has 0 aliphatic rings. The second-order valence-corrected chi connectivity index (χ2v) is 3.83. The monoisotopic (exact) mass is 227 g/mol. The van der Waals surface area contributed by atoms with Crippen LogP contribution < -0.4 is 10.6 Å². The highest BCUT2D eigenvalue weighted by Crippen LogP contribution is 2.01. The molecule has 5 heteroatoms. The number of amides is 1. The summed E-state index contributed by atoms with van der Waals surface area (Å²) >= 11 is 0. The average molecular weight is 227 g/mol. The SMILES string of the molecule is CCOCC(NCC(=O)NCC#N)C(C)C. The highest BCUT2D eigenvalue weighted by molar-refractivity contribution is 5.78.